The highest BCUT2D eigenvalue weighted by Crippen LogP contribution is 2.24. The lowest BCUT2D eigenvalue weighted by Crippen LogP contribution is -2.51. The zero-order valence-corrected chi connectivity index (χ0v) is 9.68. The maximum absolute atomic E-state index is 9.11. The van der Waals surface area contributed by atoms with E-state index in [0.717, 1.165) is 19.4 Å². The third kappa shape index (κ3) is 3.11. The second-order valence-electron chi connectivity index (χ2n) is 4.60. The molecule has 1 aliphatic rings. The minimum Gasteiger partial charge on any atom is -0.399 e. The first-order valence-electron chi connectivity index (χ1n) is 4.80. The molecule has 13 heavy (non-hydrogen) atoms. The predicted octanol–water partition coefficient (Wildman–Crippen LogP) is 1.48. The van der Waals surface area contributed by atoms with Gasteiger partial charge in [0.05, 0.1) is 6.07 Å². The monoisotopic (exact) mass is 198 g/mol. The van der Waals surface area contributed by atoms with Crippen molar-refractivity contribution in [2.24, 2.45) is 0 Å². The van der Waals surface area contributed by atoms with Gasteiger partial charge in [-0.1, -0.05) is 0 Å². The number of hydrogen-bond donors (Lipinski definition) is 1. The molecule has 0 radical (unpaired) electrons. The first-order valence-corrected chi connectivity index (χ1v) is 8.20. The van der Waals surface area contributed by atoms with E-state index in [0.29, 0.717) is 6.54 Å². The van der Waals surface area contributed by atoms with Crippen LogP contribution in [0, 0.1) is 11.3 Å². The van der Waals surface area contributed by atoms with Gasteiger partial charge in [0.15, 0.2) is 13.9 Å². The quantitative estimate of drug-likeness (QED) is 0.684. The molecule has 1 unspecified atom stereocenters. The van der Waals surface area contributed by atoms with Crippen molar-refractivity contribution < 1.29 is 4.43 Å². The summed E-state index contributed by atoms with van der Waals surface area (Å²) < 4.78 is 5.93. The summed E-state index contributed by atoms with van der Waals surface area (Å²) in [4.78, 5) is 0. The van der Waals surface area contributed by atoms with Crippen molar-refractivity contribution in [1.29, 1.82) is 5.26 Å². The van der Waals surface area contributed by atoms with Crippen LogP contribution >= 0.6 is 0 Å². The highest BCUT2D eigenvalue weighted by molar-refractivity contribution is 6.69. The van der Waals surface area contributed by atoms with Crippen LogP contribution in [0.4, 0.5) is 0 Å². The van der Waals surface area contributed by atoms with Gasteiger partial charge in [-0.05, 0) is 39.0 Å². The van der Waals surface area contributed by atoms with Crippen molar-refractivity contribution in [2.45, 2.75) is 38.1 Å². The molecule has 4 heteroatoms. The summed E-state index contributed by atoms with van der Waals surface area (Å²) in [5.74, 6) is 0. The van der Waals surface area contributed by atoms with E-state index in [4.69, 9.17) is 9.69 Å². The molecule has 1 atom stereocenters. The van der Waals surface area contributed by atoms with E-state index >= 15 is 0 Å². The lowest BCUT2D eigenvalue weighted by atomic mass is 9.96. The molecule has 0 amide bonds. The second kappa shape index (κ2) is 3.78. The number of piperidine rings is 1. The van der Waals surface area contributed by atoms with Gasteiger partial charge in [-0.25, -0.2) is 0 Å². The molecule has 0 saturated carbocycles. The SMILES string of the molecule is C[Si](C)(C)OC1(C#N)CCCNC1. The van der Waals surface area contributed by atoms with Gasteiger partial charge in [-0.2, -0.15) is 5.26 Å². The summed E-state index contributed by atoms with van der Waals surface area (Å²) in [5, 5.41) is 12.3. The molecule has 1 rings (SSSR count). The van der Waals surface area contributed by atoms with Crippen LogP contribution in [0.15, 0.2) is 0 Å². The molecule has 3 nitrogen and oxygen atoms in total. The Morgan fingerprint density at radius 1 is 1.46 bits per heavy atom. The van der Waals surface area contributed by atoms with E-state index in [2.05, 4.69) is 31.0 Å². The van der Waals surface area contributed by atoms with Crippen molar-refractivity contribution in [2.75, 3.05) is 13.1 Å². The molecule has 0 spiro atoms. The summed E-state index contributed by atoms with van der Waals surface area (Å²) >= 11 is 0. The molecule has 1 saturated heterocycles. The van der Waals surface area contributed by atoms with E-state index < -0.39 is 13.9 Å². The smallest absolute Gasteiger partial charge is 0.185 e. The van der Waals surface area contributed by atoms with Crippen LogP contribution in [0.3, 0.4) is 0 Å². The third-order valence-electron chi connectivity index (χ3n) is 2.05. The summed E-state index contributed by atoms with van der Waals surface area (Å²) in [5.41, 5.74) is -0.539. The topological polar surface area (TPSA) is 45.0 Å². The lowest BCUT2D eigenvalue weighted by Gasteiger charge is -2.36. The van der Waals surface area contributed by atoms with Gasteiger partial charge >= 0.3 is 0 Å². The average Bonchev–Trinajstić information content (AvgIpc) is 2.03. The van der Waals surface area contributed by atoms with Crippen molar-refractivity contribution >= 4 is 8.32 Å². The predicted molar refractivity (Wildman–Crippen MR) is 54.9 cm³/mol. The minimum absolute atomic E-state index is 0.539. The molecular formula is C9H18N2OSi. The zero-order valence-electron chi connectivity index (χ0n) is 8.68. The van der Waals surface area contributed by atoms with Gasteiger partial charge in [0.1, 0.15) is 0 Å². The Morgan fingerprint density at radius 3 is 2.54 bits per heavy atom. The Hall–Kier alpha value is -0.373. The van der Waals surface area contributed by atoms with Crippen LogP contribution in [-0.4, -0.2) is 27.0 Å². The fraction of sp³-hybridized carbons (Fsp3) is 0.889. The van der Waals surface area contributed by atoms with E-state index in [1.54, 1.807) is 0 Å². The van der Waals surface area contributed by atoms with Crippen molar-refractivity contribution in [3.63, 3.8) is 0 Å². The van der Waals surface area contributed by atoms with Crippen molar-refractivity contribution in [3.8, 4) is 6.07 Å². The standard InChI is InChI=1S/C9H18N2OSi/c1-13(2,3)12-9(7-10)5-4-6-11-8-9/h11H,4-6,8H2,1-3H3. The Labute approximate surface area is 81.2 Å². The summed E-state index contributed by atoms with van der Waals surface area (Å²) in [6, 6.07) is 2.32. The number of rotatable bonds is 2. The van der Waals surface area contributed by atoms with Gasteiger partial charge in [0, 0.05) is 6.54 Å². The Kier molecular flexibility index (Phi) is 3.12. The fourth-order valence-corrected chi connectivity index (χ4v) is 3.06. The summed E-state index contributed by atoms with van der Waals surface area (Å²) in [6.45, 7) is 8.08. The molecule has 1 N–H and O–H groups in total. The van der Waals surface area contributed by atoms with Crippen LogP contribution in [-0.2, 0) is 4.43 Å². The average molecular weight is 198 g/mol. The minimum atomic E-state index is -1.60. The molecular weight excluding hydrogens is 180 g/mol. The van der Waals surface area contributed by atoms with Crippen LogP contribution < -0.4 is 5.32 Å². The van der Waals surface area contributed by atoms with Gasteiger partial charge in [-0.3, -0.25) is 0 Å². The molecule has 74 valence electrons. The van der Waals surface area contributed by atoms with Crippen LogP contribution in [0.5, 0.6) is 0 Å². The van der Waals surface area contributed by atoms with Crippen LogP contribution in [0.2, 0.25) is 19.6 Å². The van der Waals surface area contributed by atoms with E-state index in [-0.39, 0.29) is 0 Å². The third-order valence-corrected chi connectivity index (χ3v) is 3.05. The van der Waals surface area contributed by atoms with Crippen molar-refractivity contribution in [1.82, 2.24) is 5.32 Å². The van der Waals surface area contributed by atoms with E-state index in [1.807, 2.05) is 0 Å². The van der Waals surface area contributed by atoms with Gasteiger partial charge in [0.2, 0.25) is 0 Å². The van der Waals surface area contributed by atoms with Gasteiger partial charge in [0.25, 0.3) is 0 Å². The maximum Gasteiger partial charge on any atom is 0.185 e. The highest BCUT2D eigenvalue weighted by atomic mass is 28.4. The first kappa shape index (κ1) is 10.7. The lowest BCUT2D eigenvalue weighted by molar-refractivity contribution is 0.0901. The van der Waals surface area contributed by atoms with Gasteiger partial charge in [-0.15, -0.1) is 0 Å². The second-order valence-corrected chi connectivity index (χ2v) is 9.03. The molecule has 0 aromatic carbocycles. The zero-order chi connectivity index (χ0) is 9.95. The fourth-order valence-electron chi connectivity index (χ4n) is 1.67. The number of nitrogens with zero attached hydrogens (tertiary/aromatic N) is 1. The highest BCUT2D eigenvalue weighted by Gasteiger charge is 2.37. The molecule has 0 aromatic rings. The Bertz CT molecular complexity index is 211. The Morgan fingerprint density at radius 2 is 2.15 bits per heavy atom. The molecule has 1 aliphatic heterocycles. The molecule has 1 heterocycles. The van der Waals surface area contributed by atoms with E-state index in [1.165, 1.54) is 0 Å². The molecule has 0 aliphatic carbocycles. The largest absolute Gasteiger partial charge is 0.399 e. The molecule has 1 fully saturated rings. The van der Waals surface area contributed by atoms with Crippen molar-refractivity contribution in [3.05, 3.63) is 0 Å². The summed E-state index contributed by atoms with van der Waals surface area (Å²) in [6.07, 6.45) is 1.92. The molecule has 0 bridgehead atoms. The Balaban J connectivity index is 2.65. The van der Waals surface area contributed by atoms with E-state index in [9.17, 15) is 0 Å². The number of hydrogen-bond acceptors (Lipinski definition) is 3. The van der Waals surface area contributed by atoms with Crippen LogP contribution in [0.1, 0.15) is 12.8 Å². The maximum atomic E-state index is 9.11. The molecule has 0 aromatic heterocycles. The normalized spacial score (nSPS) is 29.7. The van der Waals surface area contributed by atoms with Crippen LogP contribution in [0.25, 0.3) is 0 Å². The first-order chi connectivity index (χ1) is 5.97. The van der Waals surface area contributed by atoms with Gasteiger partial charge < -0.3 is 9.74 Å². The number of nitrogens with one attached hydrogen (secondary N) is 1. The number of nitriles is 1. The summed E-state index contributed by atoms with van der Waals surface area (Å²) in [7, 11) is -1.60.